The molecular weight excluding hydrogens is 794 g/mol. The maximum atomic E-state index is 12.8. The van der Waals surface area contributed by atoms with Gasteiger partial charge in [-0.2, -0.15) is 0 Å². The standard InChI is InChI=1S/C29H27FNS.C13H24O2.Ir/c1-18-19(9-7-14-30)11-12-23-24-13-15-31-26(28(24)32-27(18)23)21-16-20-8-5-6-10-22(20)25(17-21)29(2,3)4;1-5-10(6-2)12(14)9-13(15)11(7-3)8-4;/h5-6,8,10-13,15,17H,7,9,14H2,1-4H3;9-11,14H,5-8H2,1-4H3;/q-1;;/b;12-9-;. The summed E-state index contributed by atoms with van der Waals surface area (Å²) in [5, 5.41) is 14.6. The molecule has 0 fully saturated rings. The van der Waals surface area contributed by atoms with E-state index in [-0.39, 0.29) is 55.6 Å². The van der Waals surface area contributed by atoms with Crippen molar-refractivity contribution in [2.24, 2.45) is 11.8 Å². The summed E-state index contributed by atoms with van der Waals surface area (Å²) in [5.41, 5.74) is 5.86. The Morgan fingerprint density at radius 3 is 2.21 bits per heavy atom. The number of benzene rings is 3. The second-order valence-electron chi connectivity index (χ2n) is 13.5. The van der Waals surface area contributed by atoms with E-state index in [4.69, 9.17) is 4.98 Å². The number of pyridine rings is 1. The summed E-state index contributed by atoms with van der Waals surface area (Å²) >= 11 is 1.80. The molecule has 3 aromatic carbocycles. The summed E-state index contributed by atoms with van der Waals surface area (Å²) in [6.07, 6.45) is 8.18. The summed E-state index contributed by atoms with van der Waals surface area (Å²) in [5.74, 6) is 0.547. The zero-order chi connectivity index (χ0) is 34.3. The van der Waals surface area contributed by atoms with Gasteiger partial charge in [-0.15, -0.1) is 40.5 Å². The average molecular weight is 845 g/mol. The number of fused-ring (bicyclic) bond motifs is 4. The Bertz CT molecular complexity index is 1860. The third-order valence-corrected chi connectivity index (χ3v) is 10.8. The van der Waals surface area contributed by atoms with E-state index in [9.17, 15) is 14.3 Å². The molecule has 259 valence electrons. The third kappa shape index (κ3) is 8.80. The molecule has 0 aliphatic rings. The first-order chi connectivity index (χ1) is 22.5. The maximum Gasteiger partial charge on any atom is 0.162 e. The molecule has 0 unspecified atom stereocenters. The number of aliphatic hydroxyl groups excluding tert-OH is 1. The van der Waals surface area contributed by atoms with Gasteiger partial charge in [-0.1, -0.05) is 89.7 Å². The molecule has 0 aliphatic heterocycles. The molecule has 2 heterocycles. The molecule has 6 heteroatoms. The van der Waals surface area contributed by atoms with Gasteiger partial charge in [0.2, 0.25) is 0 Å². The Labute approximate surface area is 304 Å². The minimum atomic E-state index is -0.272. The molecule has 1 radical (unpaired) electrons. The van der Waals surface area contributed by atoms with E-state index in [1.807, 2.05) is 33.9 Å². The van der Waals surface area contributed by atoms with Crippen LogP contribution in [-0.4, -0.2) is 22.5 Å². The largest absolute Gasteiger partial charge is 0.512 e. The van der Waals surface area contributed by atoms with E-state index in [0.717, 1.165) is 48.7 Å². The second-order valence-corrected chi connectivity index (χ2v) is 14.6. The number of aryl methyl sites for hydroxylation is 2. The number of halogens is 1. The Hall–Kier alpha value is -2.92. The van der Waals surface area contributed by atoms with Gasteiger partial charge in [0.25, 0.3) is 0 Å². The fourth-order valence-electron chi connectivity index (χ4n) is 6.42. The van der Waals surface area contributed by atoms with Crippen LogP contribution in [0.1, 0.15) is 97.3 Å². The molecular formula is C42H51FIrNO2S-. The van der Waals surface area contributed by atoms with Gasteiger partial charge >= 0.3 is 0 Å². The van der Waals surface area contributed by atoms with Crippen molar-refractivity contribution < 1.29 is 34.4 Å². The van der Waals surface area contributed by atoms with Crippen molar-refractivity contribution in [3.63, 3.8) is 0 Å². The molecule has 0 saturated carbocycles. The van der Waals surface area contributed by atoms with Crippen molar-refractivity contribution in [3.05, 3.63) is 89.3 Å². The first-order valence-corrected chi connectivity index (χ1v) is 18.1. The van der Waals surface area contributed by atoms with Gasteiger partial charge in [0, 0.05) is 64.7 Å². The summed E-state index contributed by atoms with van der Waals surface area (Å²) in [6.45, 7) is 16.7. The van der Waals surface area contributed by atoms with Crippen molar-refractivity contribution in [2.45, 2.75) is 99.3 Å². The van der Waals surface area contributed by atoms with Crippen molar-refractivity contribution in [2.75, 3.05) is 6.67 Å². The van der Waals surface area contributed by atoms with E-state index in [0.29, 0.717) is 6.42 Å². The monoisotopic (exact) mass is 845 g/mol. The minimum absolute atomic E-state index is 0. The number of hydrogen-bond acceptors (Lipinski definition) is 4. The second kappa shape index (κ2) is 17.6. The molecule has 48 heavy (non-hydrogen) atoms. The Morgan fingerprint density at radius 2 is 1.58 bits per heavy atom. The fraction of sp³-hybridized carbons (Fsp3) is 0.429. The van der Waals surface area contributed by atoms with E-state index in [1.165, 1.54) is 48.3 Å². The van der Waals surface area contributed by atoms with E-state index in [1.54, 1.807) is 11.3 Å². The molecule has 0 bridgehead atoms. The number of carbonyl (C=O) groups is 1. The molecule has 0 atom stereocenters. The molecule has 5 aromatic rings. The number of nitrogens with zero attached hydrogens (tertiary/aromatic N) is 1. The van der Waals surface area contributed by atoms with Gasteiger partial charge < -0.3 is 5.11 Å². The molecule has 5 rings (SSSR count). The molecule has 3 nitrogen and oxygen atoms in total. The van der Waals surface area contributed by atoms with Crippen molar-refractivity contribution in [1.29, 1.82) is 0 Å². The molecule has 0 amide bonds. The molecule has 0 aliphatic carbocycles. The van der Waals surface area contributed by atoms with Crippen LogP contribution in [-0.2, 0) is 36.7 Å². The smallest absolute Gasteiger partial charge is 0.162 e. The van der Waals surface area contributed by atoms with Crippen LogP contribution in [0.2, 0.25) is 0 Å². The Kier molecular flexibility index (Phi) is 14.5. The summed E-state index contributed by atoms with van der Waals surface area (Å²) < 4.78 is 15.2. The average Bonchev–Trinajstić information content (AvgIpc) is 3.45. The van der Waals surface area contributed by atoms with Crippen LogP contribution in [0.15, 0.2) is 66.6 Å². The van der Waals surface area contributed by atoms with E-state index >= 15 is 0 Å². The molecule has 2 aromatic heterocycles. The predicted molar refractivity (Wildman–Crippen MR) is 200 cm³/mol. The number of alkyl halides is 1. The fourth-order valence-corrected chi connectivity index (χ4v) is 7.74. The third-order valence-electron chi connectivity index (χ3n) is 9.42. The number of rotatable bonds is 11. The maximum absolute atomic E-state index is 12.8. The molecule has 0 spiro atoms. The number of allylic oxidation sites excluding steroid dienone is 2. The van der Waals surface area contributed by atoms with Crippen LogP contribution >= 0.6 is 11.3 Å². The van der Waals surface area contributed by atoms with Gasteiger partial charge in [0.05, 0.1) is 12.4 Å². The minimum Gasteiger partial charge on any atom is -0.512 e. The quantitative estimate of drug-likeness (QED) is 0.0819. The zero-order valence-corrected chi connectivity index (χ0v) is 33.0. The number of ketones is 1. The predicted octanol–water partition coefficient (Wildman–Crippen LogP) is 12.4. The van der Waals surface area contributed by atoms with Crippen LogP contribution in [0.5, 0.6) is 0 Å². The number of aromatic nitrogens is 1. The normalized spacial score (nSPS) is 12.1. The van der Waals surface area contributed by atoms with Crippen LogP contribution in [0, 0.1) is 24.8 Å². The summed E-state index contributed by atoms with van der Waals surface area (Å²) in [4.78, 5) is 16.5. The van der Waals surface area contributed by atoms with E-state index in [2.05, 4.69) is 82.3 Å². The van der Waals surface area contributed by atoms with E-state index < -0.39 is 0 Å². The first-order valence-electron chi connectivity index (χ1n) is 17.2. The van der Waals surface area contributed by atoms with Gasteiger partial charge in [-0.3, -0.25) is 14.2 Å². The van der Waals surface area contributed by atoms with Gasteiger partial charge in [-0.25, -0.2) is 0 Å². The van der Waals surface area contributed by atoms with Gasteiger partial charge in [0.15, 0.2) is 5.78 Å². The van der Waals surface area contributed by atoms with Crippen LogP contribution in [0.4, 0.5) is 4.39 Å². The van der Waals surface area contributed by atoms with Crippen LogP contribution in [0.3, 0.4) is 0 Å². The van der Waals surface area contributed by atoms with Crippen LogP contribution < -0.4 is 0 Å². The SMILES string of the molecule is CCC(CC)C(=O)/C=C(\O)C(CC)CC.Cc1c(CCCF)ccc2c1sc1c(-c3[c-]c4ccccc4c(C(C)(C)C)c3)nccc12.[Ir]. The first kappa shape index (κ1) is 39.5. The number of hydrogen-bond donors (Lipinski definition) is 1. The summed E-state index contributed by atoms with van der Waals surface area (Å²) in [6, 6.07) is 20.9. The zero-order valence-electron chi connectivity index (χ0n) is 29.8. The van der Waals surface area contributed by atoms with Crippen molar-refractivity contribution in [1.82, 2.24) is 4.98 Å². The topological polar surface area (TPSA) is 50.2 Å². The number of carbonyl (C=O) groups excluding carboxylic acids is 1. The van der Waals surface area contributed by atoms with Gasteiger partial charge in [-0.05, 0) is 73.4 Å². The van der Waals surface area contributed by atoms with Crippen LogP contribution in [0.25, 0.3) is 42.2 Å². The Morgan fingerprint density at radius 1 is 0.938 bits per heavy atom. The Balaban J connectivity index is 0.000000334. The number of thiophene rings is 1. The molecule has 0 saturated heterocycles. The molecule has 1 N–H and O–H groups in total. The summed E-state index contributed by atoms with van der Waals surface area (Å²) in [7, 11) is 0. The number of aliphatic hydroxyl groups is 1. The van der Waals surface area contributed by atoms with Crippen molar-refractivity contribution >= 4 is 48.1 Å². The van der Waals surface area contributed by atoms with Gasteiger partial charge in [0.1, 0.15) is 0 Å². The van der Waals surface area contributed by atoms with Crippen molar-refractivity contribution in [3.8, 4) is 11.3 Å².